The van der Waals surface area contributed by atoms with Crippen LogP contribution in [0.3, 0.4) is 0 Å². The lowest BCUT2D eigenvalue weighted by atomic mass is 9.83. The number of benzene rings is 2. The summed E-state index contributed by atoms with van der Waals surface area (Å²) in [5, 5.41) is 4.94. The third-order valence-corrected chi connectivity index (χ3v) is 5.99. The van der Waals surface area contributed by atoms with Crippen molar-refractivity contribution in [2.75, 3.05) is 19.0 Å². The van der Waals surface area contributed by atoms with Crippen molar-refractivity contribution in [1.82, 2.24) is 4.98 Å². The molecule has 0 saturated heterocycles. The number of ether oxygens (including phenoxy) is 1. The number of aryl methyl sites for hydroxylation is 1. The highest BCUT2D eigenvalue weighted by Gasteiger charge is 2.22. The van der Waals surface area contributed by atoms with Crippen LogP contribution in [0.4, 0.5) is 5.69 Å². The summed E-state index contributed by atoms with van der Waals surface area (Å²) in [6.07, 6.45) is 5.50. The van der Waals surface area contributed by atoms with E-state index in [2.05, 4.69) is 60.5 Å². The Kier molecular flexibility index (Phi) is 5.22. The van der Waals surface area contributed by atoms with Gasteiger partial charge in [-0.3, -0.25) is 0 Å². The van der Waals surface area contributed by atoms with Crippen molar-refractivity contribution in [2.45, 2.75) is 45.6 Å². The number of aromatic amines is 1. The monoisotopic (exact) mass is 362 g/mol. The van der Waals surface area contributed by atoms with Crippen molar-refractivity contribution in [3.05, 3.63) is 64.8 Å². The molecule has 2 heterocycles. The van der Waals surface area contributed by atoms with Gasteiger partial charge in [-0.1, -0.05) is 32.0 Å². The Morgan fingerprint density at radius 3 is 2.89 bits per heavy atom. The van der Waals surface area contributed by atoms with Gasteiger partial charge in [-0.05, 0) is 66.0 Å². The maximum atomic E-state index is 5.42. The Bertz CT molecular complexity index is 927. The zero-order valence-electron chi connectivity index (χ0n) is 16.6. The average molecular weight is 363 g/mol. The number of nitrogens with one attached hydrogen (secondary N) is 2. The van der Waals surface area contributed by atoms with Crippen LogP contribution in [-0.2, 0) is 24.2 Å². The van der Waals surface area contributed by atoms with E-state index in [9.17, 15) is 0 Å². The molecule has 4 rings (SSSR count). The highest BCUT2D eigenvalue weighted by Crippen LogP contribution is 2.33. The molecule has 2 aromatic carbocycles. The van der Waals surface area contributed by atoms with E-state index in [0.717, 1.165) is 13.0 Å². The molecule has 3 aromatic rings. The molecule has 0 bridgehead atoms. The zero-order valence-corrected chi connectivity index (χ0v) is 16.6. The van der Waals surface area contributed by atoms with Gasteiger partial charge in [0.25, 0.3) is 0 Å². The number of anilines is 1. The van der Waals surface area contributed by atoms with Crippen LogP contribution >= 0.6 is 0 Å². The largest absolute Gasteiger partial charge is 0.385 e. The van der Waals surface area contributed by atoms with Crippen LogP contribution in [0.15, 0.2) is 42.6 Å². The minimum absolute atomic E-state index is 0.530. The van der Waals surface area contributed by atoms with Crippen LogP contribution in [0.1, 0.15) is 48.4 Å². The Balaban J connectivity index is 1.52. The van der Waals surface area contributed by atoms with Crippen molar-refractivity contribution >= 4 is 16.6 Å². The predicted octanol–water partition coefficient (Wildman–Crippen LogP) is 5.65. The maximum Gasteiger partial charge on any atom is 0.0733 e. The van der Waals surface area contributed by atoms with Gasteiger partial charge in [-0.15, -0.1) is 0 Å². The lowest BCUT2D eigenvalue weighted by Gasteiger charge is -2.29. The van der Waals surface area contributed by atoms with Gasteiger partial charge in [-0.2, -0.15) is 0 Å². The molecule has 2 atom stereocenters. The van der Waals surface area contributed by atoms with Crippen molar-refractivity contribution in [2.24, 2.45) is 5.92 Å². The number of hydrogen-bond acceptors (Lipinski definition) is 2. The molecule has 142 valence electrons. The number of hydrogen-bond donors (Lipinski definition) is 2. The van der Waals surface area contributed by atoms with Crippen molar-refractivity contribution < 1.29 is 4.74 Å². The van der Waals surface area contributed by atoms with Crippen LogP contribution in [0.5, 0.6) is 0 Å². The second-order valence-electron chi connectivity index (χ2n) is 7.99. The molecule has 0 radical (unpaired) electrons. The topological polar surface area (TPSA) is 37.0 Å². The number of aromatic nitrogens is 1. The van der Waals surface area contributed by atoms with E-state index in [1.54, 1.807) is 7.11 Å². The first-order valence-corrected chi connectivity index (χ1v) is 10.1. The quantitative estimate of drug-likeness (QED) is 0.594. The molecule has 2 unspecified atom stereocenters. The molecule has 2 N–H and O–H groups in total. The standard InChI is InChI=1S/C24H30N2O/c1-4-17-5-6-23-21(10-17)11-18(14-26-23)9-16(2)20-12-19-7-8-25-24(19)22(13-20)15-27-3/h5-8,10,12-13,16,18,25-26H,4,9,11,14-15H2,1-3H3. The first-order valence-electron chi connectivity index (χ1n) is 10.1. The number of rotatable bonds is 6. The predicted molar refractivity (Wildman–Crippen MR) is 114 cm³/mol. The first-order chi connectivity index (χ1) is 13.2. The number of methoxy groups -OCH3 is 1. The van der Waals surface area contributed by atoms with Gasteiger partial charge in [0, 0.05) is 36.5 Å². The van der Waals surface area contributed by atoms with Gasteiger partial charge < -0.3 is 15.0 Å². The third kappa shape index (κ3) is 3.74. The van der Waals surface area contributed by atoms with E-state index in [1.165, 1.54) is 51.7 Å². The number of fused-ring (bicyclic) bond motifs is 2. The second kappa shape index (κ2) is 7.77. The molecule has 27 heavy (non-hydrogen) atoms. The minimum Gasteiger partial charge on any atom is -0.385 e. The molecule has 1 aliphatic heterocycles. The maximum absolute atomic E-state index is 5.42. The van der Waals surface area contributed by atoms with Crippen molar-refractivity contribution in [3.8, 4) is 0 Å². The normalized spacial score (nSPS) is 17.5. The summed E-state index contributed by atoms with van der Waals surface area (Å²) in [5.74, 6) is 1.20. The van der Waals surface area contributed by atoms with Gasteiger partial charge >= 0.3 is 0 Å². The third-order valence-electron chi connectivity index (χ3n) is 5.99. The SMILES string of the molecule is CCc1ccc2c(c1)CC(CC(C)c1cc(COC)c3[nH]ccc3c1)CN2. The Morgan fingerprint density at radius 2 is 2.07 bits per heavy atom. The minimum atomic E-state index is 0.530. The molecule has 1 aliphatic rings. The summed E-state index contributed by atoms with van der Waals surface area (Å²) in [6.45, 7) is 6.31. The highest BCUT2D eigenvalue weighted by molar-refractivity contribution is 5.83. The van der Waals surface area contributed by atoms with Gasteiger partial charge in [-0.25, -0.2) is 0 Å². The van der Waals surface area contributed by atoms with Gasteiger partial charge in [0.05, 0.1) is 12.1 Å². The Morgan fingerprint density at radius 1 is 1.19 bits per heavy atom. The molecule has 1 aromatic heterocycles. The highest BCUT2D eigenvalue weighted by atomic mass is 16.5. The molecule has 0 amide bonds. The molecule has 3 nitrogen and oxygen atoms in total. The van der Waals surface area contributed by atoms with E-state index >= 15 is 0 Å². The molecule has 0 fully saturated rings. The van der Waals surface area contributed by atoms with Crippen LogP contribution in [0.2, 0.25) is 0 Å². The summed E-state index contributed by atoms with van der Waals surface area (Å²) >= 11 is 0. The summed E-state index contributed by atoms with van der Waals surface area (Å²) in [7, 11) is 1.76. The molecular formula is C24H30N2O. The molecule has 3 heteroatoms. The van der Waals surface area contributed by atoms with Gasteiger partial charge in [0.2, 0.25) is 0 Å². The Labute approximate surface area is 162 Å². The van der Waals surface area contributed by atoms with E-state index in [1.807, 2.05) is 6.20 Å². The van der Waals surface area contributed by atoms with E-state index < -0.39 is 0 Å². The lowest BCUT2D eigenvalue weighted by molar-refractivity contribution is 0.185. The van der Waals surface area contributed by atoms with Crippen LogP contribution in [0, 0.1) is 5.92 Å². The van der Waals surface area contributed by atoms with Crippen molar-refractivity contribution in [1.29, 1.82) is 0 Å². The van der Waals surface area contributed by atoms with Crippen LogP contribution in [-0.4, -0.2) is 18.6 Å². The lowest BCUT2D eigenvalue weighted by Crippen LogP contribution is -2.24. The van der Waals surface area contributed by atoms with Gasteiger partial charge in [0.1, 0.15) is 0 Å². The van der Waals surface area contributed by atoms with Gasteiger partial charge in [0.15, 0.2) is 0 Å². The smallest absolute Gasteiger partial charge is 0.0733 e. The summed E-state index contributed by atoms with van der Waals surface area (Å²) in [6, 6.07) is 13.7. The van der Waals surface area contributed by atoms with E-state index in [0.29, 0.717) is 18.4 Å². The van der Waals surface area contributed by atoms with E-state index in [4.69, 9.17) is 4.74 Å². The van der Waals surface area contributed by atoms with Crippen LogP contribution in [0.25, 0.3) is 10.9 Å². The summed E-state index contributed by atoms with van der Waals surface area (Å²) in [4.78, 5) is 3.35. The van der Waals surface area contributed by atoms with Crippen molar-refractivity contribution in [3.63, 3.8) is 0 Å². The molecule has 0 spiro atoms. The zero-order chi connectivity index (χ0) is 18.8. The Hall–Kier alpha value is -2.26. The molecule has 0 saturated carbocycles. The first kappa shape index (κ1) is 18.1. The fraction of sp³-hybridized carbons (Fsp3) is 0.417. The second-order valence-corrected chi connectivity index (χ2v) is 7.99. The van der Waals surface area contributed by atoms with Crippen LogP contribution < -0.4 is 5.32 Å². The average Bonchev–Trinajstić information content (AvgIpc) is 3.16. The number of H-pyrrole nitrogens is 1. The fourth-order valence-corrected chi connectivity index (χ4v) is 4.48. The fourth-order valence-electron chi connectivity index (χ4n) is 4.48. The summed E-state index contributed by atoms with van der Waals surface area (Å²) in [5.41, 5.74) is 8.12. The molecule has 0 aliphatic carbocycles. The summed E-state index contributed by atoms with van der Waals surface area (Å²) < 4.78 is 5.42. The molecular weight excluding hydrogens is 332 g/mol. The van der Waals surface area contributed by atoms with E-state index in [-0.39, 0.29) is 0 Å².